The third-order valence-corrected chi connectivity index (χ3v) is 3.64. The first-order valence-corrected chi connectivity index (χ1v) is 8.28. The lowest BCUT2D eigenvalue weighted by Crippen LogP contribution is -1.98. The Balaban J connectivity index is 2.90. The molecule has 18 heavy (non-hydrogen) atoms. The predicted octanol–water partition coefficient (Wildman–Crippen LogP) is 5.66. The van der Waals surface area contributed by atoms with Crippen molar-refractivity contribution in [3.63, 3.8) is 0 Å². The molecule has 0 rings (SSSR count). The molecule has 0 aromatic heterocycles. The normalized spacial score (nSPS) is 12.8. The van der Waals surface area contributed by atoms with E-state index in [2.05, 4.69) is 13.8 Å². The van der Waals surface area contributed by atoms with Crippen molar-refractivity contribution in [3.8, 4) is 0 Å². The van der Waals surface area contributed by atoms with Crippen molar-refractivity contribution in [3.05, 3.63) is 6.92 Å². The van der Waals surface area contributed by atoms with E-state index in [-0.39, 0.29) is 6.10 Å². The average Bonchev–Trinajstić information content (AvgIpc) is 2.34. The van der Waals surface area contributed by atoms with Gasteiger partial charge in [-0.15, -0.1) is 0 Å². The standard InChI is InChI=1S/C17H35O/c1-3-4-5-6-7-8-9-10-11-12-13-14-15-16-17(2)18/h17-18H,2-16H2,1H3. The van der Waals surface area contributed by atoms with Crippen LogP contribution in [0.15, 0.2) is 0 Å². The van der Waals surface area contributed by atoms with E-state index in [0.717, 1.165) is 12.8 Å². The van der Waals surface area contributed by atoms with Crippen LogP contribution in [0.5, 0.6) is 0 Å². The summed E-state index contributed by atoms with van der Waals surface area (Å²) >= 11 is 0. The van der Waals surface area contributed by atoms with Gasteiger partial charge >= 0.3 is 0 Å². The van der Waals surface area contributed by atoms with Crippen molar-refractivity contribution in [2.45, 2.75) is 103 Å². The molecule has 1 heteroatoms. The summed E-state index contributed by atoms with van der Waals surface area (Å²) in [5.74, 6) is 0. The maximum atomic E-state index is 9.02. The number of aliphatic hydroxyl groups is 1. The molecule has 0 saturated carbocycles. The average molecular weight is 255 g/mol. The topological polar surface area (TPSA) is 20.2 Å². The van der Waals surface area contributed by atoms with E-state index in [9.17, 15) is 0 Å². The van der Waals surface area contributed by atoms with Gasteiger partial charge in [0.05, 0.1) is 6.10 Å². The van der Waals surface area contributed by atoms with Crippen LogP contribution in [0.1, 0.15) is 96.8 Å². The van der Waals surface area contributed by atoms with Gasteiger partial charge in [0.2, 0.25) is 0 Å². The highest BCUT2D eigenvalue weighted by molar-refractivity contribution is 4.56. The van der Waals surface area contributed by atoms with Crippen molar-refractivity contribution in [2.75, 3.05) is 0 Å². The van der Waals surface area contributed by atoms with Gasteiger partial charge in [0.1, 0.15) is 0 Å². The molecule has 0 heterocycles. The van der Waals surface area contributed by atoms with Gasteiger partial charge in [0, 0.05) is 0 Å². The van der Waals surface area contributed by atoms with Crippen molar-refractivity contribution >= 4 is 0 Å². The molecule has 0 bridgehead atoms. The molecular formula is C17H35O. The van der Waals surface area contributed by atoms with Gasteiger partial charge in [0.15, 0.2) is 0 Å². The van der Waals surface area contributed by atoms with Crippen LogP contribution in [0.2, 0.25) is 0 Å². The van der Waals surface area contributed by atoms with Gasteiger partial charge in [0.25, 0.3) is 0 Å². The van der Waals surface area contributed by atoms with Crippen LogP contribution in [0, 0.1) is 6.92 Å². The fourth-order valence-corrected chi connectivity index (χ4v) is 2.40. The Labute approximate surface area is 115 Å². The lowest BCUT2D eigenvalue weighted by molar-refractivity contribution is 0.205. The van der Waals surface area contributed by atoms with Crippen LogP contribution in [0.25, 0.3) is 0 Å². The quantitative estimate of drug-likeness (QED) is 0.397. The highest BCUT2D eigenvalue weighted by Gasteiger charge is 1.96. The Morgan fingerprint density at radius 1 is 0.667 bits per heavy atom. The van der Waals surface area contributed by atoms with E-state index in [1.165, 1.54) is 77.0 Å². The molecular weight excluding hydrogens is 220 g/mol. The van der Waals surface area contributed by atoms with Crippen LogP contribution in [0.3, 0.4) is 0 Å². The summed E-state index contributed by atoms with van der Waals surface area (Å²) in [4.78, 5) is 0. The van der Waals surface area contributed by atoms with Crippen molar-refractivity contribution in [2.24, 2.45) is 0 Å². The van der Waals surface area contributed by atoms with Crippen LogP contribution < -0.4 is 0 Å². The molecule has 1 unspecified atom stereocenters. The van der Waals surface area contributed by atoms with Gasteiger partial charge in [-0.05, 0) is 13.3 Å². The second kappa shape index (κ2) is 15.0. The lowest BCUT2D eigenvalue weighted by atomic mass is 10.0. The first-order chi connectivity index (χ1) is 8.77. The molecule has 0 saturated heterocycles. The molecule has 0 aliphatic rings. The van der Waals surface area contributed by atoms with E-state index >= 15 is 0 Å². The summed E-state index contributed by atoms with van der Waals surface area (Å²) in [7, 11) is 0. The van der Waals surface area contributed by atoms with Crippen molar-refractivity contribution in [1.29, 1.82) is 0 Å². The zero-order valence-electron chi connectivity index (χ0n) is 12.6. The van der Waals surface area contributed by atoms with Gasteiger partial charge in [-0.1, -0.05) is 90.4 Å². The molecule has 0 amide bonds. The van der Waals surface area contributed by atoms with Gasteiger partial charge in [-0.2, -0.15) is 0 Å². The Morgan fingerprint density at radius 2 is 1.00 bits per heavy atom. The van der Waals surface area contributed by atoms with E-state index < -0.39 is 0 Å². The minimum atomic E-state index is -0.349. The number of aliphatic hydroxyl groups excluding tert-OH is 1. The van der Waals surface area contributed by atoms with E-state index in [1.54, 1.807) is 0 Å². The molecule has 0 spiro atoms. The number of hydrogen-bond donors (Lipinski definition) is 1. The summed E-state index contributed by atoms with van der Waals surface area (Å²) in [6.07, 6.45) is 18.5. The summed E-state index contributed by atoms with van der Waals surface area (Å²) in [5, 5.41) is 9.02. The Hall–Kier alpha value is -0.0400. The molecule has 0 aromatic carbocycles. The highest BCUT2D eigenvalue weighted by atomic mass is 16.3. The third-order valence-electron chi connectivity index (χ3n) is 3.64. The molecule has 0 aliphatic heterocycles. The molecule has 1 nitrogen and oxygen atoms in total. The highest BCUT2D eigenvalue weighted by Crippen LogP contribution is 2.13. The number of hydrogen-bond acceptors (Lipinski definition) is 1. The largest absolute Gasteiger partial charge is 0.393 e. The second-order valence-electron chi connectivity index (χ2n) is 5.69. The molecule has 1 N–H and O–H groups in total. The zero-order chi connectivity index (χ0) is 13.5. The monoisotopic (exact) mass is 255 g/mol. The van der Waals surface area contributed by atoms with Crippen LogP contribution in [-0.2, 0) is 0 Å². The van der Waals surface area contributed by atoms with Crippen LogP contribution in [0.4, 0.5) is 0 Å². The molecule has 0 fully saturated rings. The smallest absolute Gasteiger partial charge is 0.0541 e. The van der Waals surface area contributed by atoms with Gasteiger partial charge in [-0.25, -0.2) is 0 Å². The molecule has 1 radical (unpaired) electrons. The van der Waals surface area contributed by atoms with Crippen LogP contribution >= 0.6 is 0 Å². The summed E-state index contributed by atoms with van der Waals surface area (Å²) in [5.41, 5.74) is 0. The molecule has 1 atom stereocenters. The maximum Gasteiger partial charge on any atom is 0.0541 e. The summed E-state index contributed by atoms with van der Waals surface area (Å²) < 4.78 is 0. The SMILES string of the molecule is [CH2]C(O)CCCCCCCCCCCCCCC. The lowest BCUT2D eigenvalue weighted by Gasteiger charge is -2.04. The Bertz CT molecular complexity index is 143. The molecule has 0 aliphatic carbocycles. The van der Waals surface area contributed by atoms with Crippen LogP contribution in [-0.4, -0.2) is 11.2 Å². The molecule has 109 valence electrons. The van der Waals surface area contributed by atoms with Gasteiger partial charge < -0.3 is 5.11 Å². The fraction of sp³-hybridized carbons (Fsp3) is 0.941. The van der Waals surface area contributed by atoms with E-state index in [4.69, 9.17) is 5.11 Å². The minimum Gasteiger partial charge on any atom is -0.393 e. The predicted molar refractivity (Wildman–Crippen MR) is 81.7 cm³/mol. The van der Waals surface area contributed by atoms with E-state index in [1.807, 2.05) is 0 Å². The van der Waals surface area contributed by atoms with Crippen molar-refractivity contribution in [1.82, 2.24) is 0 Å². The second-order valence-corrected chi connectivity index (χ2v) is 5.69. The van der Waals surface area contributed by atoms with Gasteiger partial charge in [-0.3, -0.25) is 0 Å². The zero-order valence-corrected chi connectivity index (χ0v) is 12.6. The Kier molecular flexibility index (Phi) is 15.0. The van der Waals surface area contributed by atoms with E-state index in [0.29, 0.717) is 0 Å². The maximum absolute atomic E-state index is 9.02. The number of rotatable bonds is 14. The first kappa shape index (κ1) is 18.0. The number of unbranched alkanes of at least 4 members (excludes halogenated alkanes) is 12. The minimum absolute atomic E-state index is 0.349. The molecule has 0 aromatic rings. The summed E-state index contributed by atoms with van der Waals surface area (Å²) in [6.45, 7) is 5.86. The first-order valence-electron chi connectivity index (χ1n) is 8.28. The van der Waals surface area contributed by atoms with Crippen molar-refractivity contribution < 1.29 is 5.11 Å². The third kappa shape index (κ3) is 16.0. The fourth-order valence-electron chi connectivity index (χ4n) is 2.40. The summed E-state index contributed by atoms with van der Waals surface area (Å²) in [6, 6.07) is 0. The Morgan fingerprint density at radius 3 is 1.33 bits per heavy atom.